The minimum absolute atomic E-state index is 0.0544. The first-order chi connectivity index (χ1) is 14.3. The molecule has 2 aromatic carbocycles. The van der Waals surface area contributed by atoms with E-state index in [1.54, 1.807) is 30.3 Å². The van der Waals surface area contributed by atoms with E-state index in [2.05, 4.69) is 10.3 Å². The fourth-order valence-corrected chi connectivity index (χ4v) is 3.27. The Labute approximate surface area is 188 Å². The summed E-state index contributed by atoms with van der Waals surface area (Å²) in [6.07, 6.45) is -3.34. The van der Waals surface area contributed by atoms with Crippen LogP contribution in [-0.2, 0) is 12.7 Å². The lowest BCUT2D eigenvalue weighted by molar-refractivity contribution is -0.141. The maximum Gasteiger partial charge on any atom is 0.433 e. The van der Waals surface area contributed by atoms with E-state index in [4.69, 9.17) is 23.2 Å². The largest absolute Gasteiger partial charge is 0.507 e. The number of nitrogens with zero attached hydrogens (tertiary/aromatic N) is 1. The average molecular weight is 469 g/mol. The molecular weight excluding hydrogens is 448 g/mol. The van der Waals surface area contributed by atoms with Gasteiger partial charge in [-0.1, -0.05) is 35.3 Å². The molecule has 8 heteroatoms. The highest BCUT2D eigenvalue weighted by Crippen LogP contribution is 2.39. The molecule has 2 N–H and O–H groups in total. The van der Waals surface area contributed by atoms with Crippen LogP contribution in [0.2, 0.25) is 10.0 Å². The van der Waals surface area contributed by atoms with Crippen LogP contribution in [-0.4, -0.2) is 15.6 Å². The summed E-state index contributed by atoms with van der Waals surface area (Å²) in [7, 11) is 0. The Hall–Kier alpha value is -2.28. The second-order valence-electron chi connectivity index (χ2n) is 8.19. The lowest BCUT2D eigenvalue weighted by atomic mass is 9.95. The number of pyridine rings is 1. The lowest BCUT2D eigenvalue weighted by Gasteiger charge is -2.22. The molecule has 3 nitrogen and oxygen atoms in total. The van der Waals surface area contributed by atoms with Crippen LogP contribution in [0.4, 0.5) is 13.2 Å². The second kappa shape index (κ2) is 8.69. The van der Waals surface area contributed by atoms with Crippen LogP contribution in [0.1, 0.15) is 32.0 Å². The van der Waals surface area contributed by atoms with E-state index in [0.717, 1.165) is 6.07 Å². The molecule has 164 valence electrons. The Morgan fingerprint density at radius 2 is 1.58 bits per heavy atom. The Kier molecular flexibility index (Phi) is 6.56. The van der Waals surface area contributed by atoms with Gasteiger partial charge in [0.25, 0.3) is 0 Å². The van der Waals surface area contributed by atoms with Gasteiger partial charge >= 0.3 is 6.18 Å². The maximum atomic E-state index is 12.9. The number of aromatic nitrogens is 1. The summed E-state index contributed by atoms with van der Waals surface area (Å²) in [6.45, 7) is 6.33. The number of alkyl halides is 3. The van der Waals surface area contributed by atoms with Gasteiger partial charge in [0.2, 0.25) is 0 Å². The summed E-state index contributed by atoms with van der Waals surface area (Å²) in [4.78, 5) is 3.55. The van der Waals surface area contributed by atoms with E-state index in [0.29, 0.717) is 44.4 Å². The number of hydrogen-bond acceptors (Lipinski definition) is 3. The van der Waals surface area contributed by atoms with E-state index in [1.165, 1.54) is 12.3 Å². The van der Waals surface area contributed by atoms with Gasteiger partial charge < -0.3 is 10.4 Å². The van der Waals surface area contributed by atoms with E-state index < -0.39 is 11.9 Å². The number of rotatable bonds is 4. The van der Waals surface area contributed by atoms with Crippen LogP contribution in [0, 0.1) is 0 Å². The smallest absolute Gasteiger partial charge is 0.433 e. The van der Waals surface area contributed by atoms with E-state index in [9.17, 15) is 18.3 Å². The van der Waals surface area contributed by atoms with Crippen LogP contribution in [0.5, 0.6) is 5.75 Å². The highest BCUT2D eigenvalue weighted by Gasteiger charge is 2.32. The molecule has 0 radical (unpaired) electrons. The van der Waals surface area contributed by atoms with Crippen molar-refractivity contribution in [3.8, 4) is 28.0 Å². The Balaban J connectivity index is 2.13. The molecule has 0 aliphatic heterocycles. The predicted molar refractivity (Wildman–Crippen MR) is 118 cm³/mol. The van der Waals surface area contributed by atoms with Crippen molar-refractivity contribution in [1.82, 2.24) is 10.3 Å². The van der Waals surface area contributed by atoms with Gasteiger partial charge in [-0.05, 0) is 62.2 Å². The van der Waals surface area contributed by atoms with Crippen molar-refractivity contribution in [3.05, 3.63) is 70.0 Å². The van der Waals surface area contributed by atoms with Crippen LogP contribution >= 0.6 is 23.2 Å². The number of benzene rings is 2. The van der Waals surface area contributed by atoms with Crippen molar-refractivity contribution in [2.75, 3.05) is 0 Å². The molecular formula is C23H21Cl2F3N2O. The summed E-state index contributed by atoms with van der Waals surface area (Å²) < 4.78 is 38.6. The fourth-order valence-electron chi connectivity index (χ4n) is 2.97. The highest BCUT2D eigenvalue weighted by molar-refractivity contribution is 6.42. The van der Waals surface area contributed by atoms with E-state index in [-0.39, 0.29) is 11.3 Å². The summed E-state index contributed by atoms with van der Waals surface area (Å²) in [6, 6.07) is 10.7. The molecule has 3 aromatic rings. The number of halogens is 5. The van der Waals surface area contributed by atoms with Crippen molar-refractivity contribution in [1.29, 1.82) is 0 Å². The molecule has 31 heavy (non-hydrogen) atoms. The molecule has 0 aliphatic rings. The third-order valence-corrected chi connectivity index (χ3v) is 5.35. The summed E-state index contributed by atoms with van der Waals surface area (Å²) in [5.41, 5.74) is 1.65. The SMILES string of the molecule is CC(C)(C)NCc1cc(-c2ccc(C(F)(F)F)nc2)cc(-c2ccc(Cl)c(Cl)c2)c1O. The predicted octanol–water partition coefficient (Wildman–Crippen LogP) is 7.33. The molecule has 0 spiro atoms. The molecule has 1 aromatic heterocycles. The number of hydrogen-bond donors (Lipinski definition) is 2. The molecule has 0 atom stereocenters. The number of nitrogens with one attached hydrogen (secondary N) is 1. The zero-order valence-corrected chi connectivity index (χ0v) is 18.6. The third-order valence-electron chi connectivity index (χ3n) is 4.62. The first-order valence-electron chi connectivity index (χ1n) is 9.45. The second-order valence-corrected chi connectivity index (χ2v) is 9.01. The minimum Gasteiger partial charge on any atom is -0.507 e. The molecule has 1 heterocycles. The zero-order chi connectivity index (χ0) is 23.0. The molecule has 0 bridgehead atoms. The molecule has 3 rings (SSSR count). The van der Waals surface area contributed by atoms with Crippen LogP contribution in [0.15, 0.2) is 48.7 Å². The monoisotopic (exact) mass is 468 g/mol. The van der Waals surface area contributed by atoms with Crippen molar-refractivity contribution in [2.45, 2.75) is 39.0 Å². The van der Waals surface area contributed by atoms with Crippen LogP contribution in [0.25, 0.3) is 22.3 Å². The van der Waals surface area contributed by atoms with Crippen LogP contribution in [0.3, 0.4) is 0 Å². The van der Waals surface area contributed by atoms with Crippen molar-refractivity contribution >= 4 is 23.2 Å². The van der Waals surface area contributed by atoms with Crippen molar-refractivity contribution < 1.29 is 18.3 Å². The van der Waals surface area contributed by atoms with Crippen molar-refractivity contribution in [2.24, 2.45) is 0 Å². The Morgan fingerprint density at radius 1 is 0.903 bits per heavy atom. The molecule has 0 saturated carbocycles. The minimum atomic E-state index is -4.51. The Bertz CT molecular complexity index is 1090. The summed E-state index contributed by atoms with van der Waals surface area (Å²) in [5.74, 6) is 0.0544. The van der Waals surface area contributed by atoms with E-state index in [1.807, 2.05) is 20.8 Å². The van der Waals surface area contributed by atoms with E-state index >= 15 is 0 Å². The molecule has 0 fully saturated rings. The van der Waals surface area contributed by atoms with Gasteiger partial charge in [-0.15, -0.1) is 0 Å². The molecule has 0 unspecified atom stereocenters. The normalized spacial score (nSPS) is 12.3. The number of phenols is 1. The van der Waals surface area contributed by atoms with Gasteiger partial charge in [0.05, 0.1) is 10.0 Å². The first-order valence-corrected chi connectivity index (χ1v) is 10.2. The average Bonchev–Trinajstić information content (AvgIpc) is 2.68. The third kappa shape index (κ3) is 5.70. The quantitative estimate of drug-likeness (QED) is 0.421. The number of aromatic hydroxyl groups is 1. The molecule has 0 amide bonds. The van der Waals surface area contributed by atoms with Gasteiger partial charge in [0, 0.05) is 35.0 Å². The number of phenolic OH excluding ortho intramolecular Hbond substituents is 1. The highest BCUT2D eigenvalue weighted by atomic mass is 35.5. The Morgan fingerprint density at radius 3 is 2.13 bits per heavy atom. The van der Waals surface area contributed by atoms with Crippen LogP contribution < -0.4 is 5.32 Å². The fraction of sp³-hybridized carbons (Fsp3) is 0.261. The van der Waals surface area contributed by atoms with Gasteiger partial charge in [-0.2, -0.15) is 13.2 Å². The lowest BCUT2D eigenvalue weighted by Crippen LogP contribution is -2.35. The van der Waals surface area contributed by atoms with Gasteiger partial charge in [-0.25, -0.2) is 0 Å². The molecule has 0 aliphatic carbocycles. The topological polar surface area (TPSA) is 45.2 Å². The first kappa shape index (κ1) is 23.4. The van der Waals surface area contributed by atoms with Gasteiger partial charge in [-0.3, -0.25) is 4.98 Å². The maximum absolute atomic E-state index is 12.9. The summed E-state index contributed by atoms with van der Waals surface area (Å²) in [5, 5.41) is 15.0. The van der Waals surface area contributed by atoms with Gasteiger partial charge in [0.15, 0.2) is 0 Å². The van der Waals surface area contributed by atoms with Crippen molar-refractivity contribution in [3.63, 3.8) is 0 Å². The van der Waals surface area contributed by atoms with Gasteiger partial charge in [0.1, 0.15) is 11.4 Å². The zero-order valence-electron chi connectivity index (χ0n) is 17.1. The summed E-state index contributed by atoms with van der Waals surface area (Å²) >= 11 is 12.2. The molecule has 0 saturated heterocycles. The standard InChI is InChI=1S/C23H21Cl2F3N2O/c1-22(2,3)30-12-16-8-15(14-5-7-20(29-11-14)23(26,27)28)9-17(21(16)31)13-4-6-18(24)19(25)10-13/h4-11,30-31H,12H2,1-3H3.